The second-order valence-electron chi connectivity index (χ2n) is 5.47. The van der Waals surface area contributed by atoms with E-state index in [4.69, 9.17) is 0 Å². The lowest BCUT2D eigenvalue weighted by Gasteiger charge is -2.32. The number of benzene rings is 1. The van der Waals surface area contributed by atoms with E-state index < -0.39 is 20.0 Å². The molecule has 0 aromatic heterocycles. The third-order valence-corrected chi connectivity index (χ3v) is 7.03. The Kier molecular flexibility index (Phi) is 5.60. The summed E-state index contributed by atoms with van der Waals surface area (Å²) in [6.07, 6.45) is 2.44. The summed E-state index contributed by atoms with van der Waals surface area (Å²) in [6, 6.07) is 9.78. The fourth-order valence-corrected chi connectivity index (χ4v) is 4.83. The number of hydrogen-bond acceptors (Lipinski definition) is 4. The van der Waals surface area contributed by atoms with Crippen molar-refractivity contribution in [3.63, 3.8) is 0 Å². The van der Waals surface area contributed by atoms with Crippen LogP contribution in [0.5, 0.6) is 0 Å². The van der Waals surface area contributed by atoms with Gasteiger partial charge in [-0.05, 0) is 18.4 Å². The highest BCUT2D eigenvalue weighted by Gasteiger charge is 2.29. The van der Waals surface area contributed by atoms with E-state index in [1.54, 1.807) is 0 Å². The number of nitrogens with zero attached hydrogens (tertiary/aromatic N) is 2. The average Bonchev–Trinajstić information content (AvgIpc) is 2.47. The van der Waals surface area contributed by atoms with Crippen LogP contribution in [0.4, 0.5) is 0 Å². The van der Waals surface area contributed by atoms with E-state index in [1.165, 1.54) is 8.61 Å². The maximum atomic E-state index is 12.3. The molecular formula is C14H22N2O4S2. The van der Waals surface area contributed by atoms with Gasteiger partial charge in [-0.25, -0.2) is 16.8 Å². The smallest absolute Gasteiger partial charge is 0.213 e. The molecule has 124 valence electrons. The molecule has 0 aliphatic carbocycles. The van der Waals surface area contributed by atoms with Gasteiger partial charge in [-0.2, -0.15) is 8.61 Å². The largest absolute Gasteiger partial charge is 0.214 e. The fourth-order valence-electron chi connectivity index (χ4n) is 2.51. The number of hydrogen-bond donors (Lipinski definition) is 0. The van der Waals surface area contributed by atoms with Crippen molar-refractivity contribution in [2.24, 2.45) is 0 Å². The lowest BCUT2D eigenvalue weighted by molar-refractivity contribution is 0.274. The molecule has 8 heteroatoms. The predicted molar refractivity (Wildman–Crippen MR) is 86.5 cm³/mol. The molecule has 2 rings (SSSR count). The van der Waals surface area contributed by atoms with Crippen LogP contribution in [0.1, 0.15) is 12.0 Å². The van der Waals surface area contributed by atoms with Crippen LogP contribution in [0.3, 0.4) is 0 Å². The van der Waals surface area contributed by atoms with E-state index in [0.29, 0.717) is 6.42 Å². The van der Waals surface area contributed by atoms with E-state index in [-0.39, 0.29) is 31.9 Å². The van der Waals surface area contributed by atoms with Crippen molar-refractivity contribution >= 4 is 20.0 Å². The second-order valence-corrected chi connectivity index (χ2v) is 9.54. The van der Waals surface area contributed by atoms with Crippen molar-refractivity contribution < 1.29 is 16.8 Å². The molecule has 22 heavy (non-hydrogen) atoms. The van der Waals surface area contributed by atoms with Gasteiger partial charge in [-0.15, -0.1) is 0 Å². The van der Waals surface area contributed by atoms with Gasteiger partial charge in [0.15, 0.2) is 0 Å². The van der Waals surface area contributed by atoms with Crippen molar-refractivity contribution in [3.8, 4) is 0 Å². The third-order valence-electron chi connectivity index (χ3n) is 3.77. The molecule has 6 nitrogen and oxygen atoms in total. The van der Waals surface area contributed by atoms with Crippen LogP contribution in [-0.2, 0) is 26.5 Å². The highest BCUT2D eigenvalue weighted by atomic mass is 32.2. The summed E-state index contributed by atoms with van der Waals surface area (Å²) >= 11 is 0. The van der Waals surface area contributed by atoms with Crippen molar-refractivity contribution in [2.75, 3.05) is 38.2 Å². The number of piperazine rings is 1. The molecule has 0 atom stereocenters. The summed E-state index contributed by atoms with van der Waals surface area (Å²) in [6.45, 7) is 0.939. The van der Waals surface area contributed by atoms with Gasteiger partial charge in [0.05, 0.1) is 12.0 Å². The van der Waals surface area contributed by atoms with Crippen LogP contribution >= 0.6 is 0 Å². The van der Waals surface area contributed by atoms with Crippen molar-refractivity contribution in [2.45, 2.75) is 12.8 Å². The molecular weight excluding hydrogens is 324 g/mol. The number of aryl methyl sites for hydroxylation is 1. The molecule has 0 amide bonds. The summed E-state index contributed by atoms with van der Waals surface area (Å²) in [5.41, 5.74) is 1.12. The zero-order chi connectivity index (χ0) is 16.2. The molecule has 0 saturated carbocycles. The normalized spacial score (nSPS) is 18.4. The number of sulfonamides is 2. The van der Waals surface area contributed by atoms with E-state index >= 15 is 0 Å². The Balaban J connectivity index is 1.84. The Morgan fingerprint density at radius 2 is 1.45 bits per heavy atom. The van der Waals surface area contributed by atoms with Crippen LogP contribution in [0.2, 0.25) is 0 Å². The molecule has 0 spiro atoms. The van der Waals surface area contributed by atoms with Gasteiger partial charge in [-0.3, -0.25) is 0 Å². The standard InChI is InChI=1S/C14H22N2O4S2/c1-21(17,18)15-9-11-16(12-10-15)22(19,20)13-5-8-14-6-3-2-4-7-14/h2-4,6-7H,5,8-13H2,1H3. The van der Waals surface area contributed by atoms with Crippen LogP contribution in [0, 0.1) is 0 Å². The van der Waals surface area contributed by atoms with Gasteiger partial charge in [0.2, 0.25) is 20.0 Å². The van der Waals surface area contributed by atoms with Gasteiger partial charge >= 0.3 is 0 Å². The minimum atomic E-state index is -3.31. The van der Waals surface area contributed by atoms with Crippen LogP contribution in [0.15, 0.2) is 30.3 Å². The Labute approximate surface area is 132 Å². The van der Waals surface area contributed by atoms with Crippen LogP contribution < -0.4 is 0 Å². The summed E-state index contributed by atoms with van der Waals surface area (Å²) < 4.78 is 50.2. The molecule has 1 aliphatic heterocycles. The molecule has 1 aromatic rings. The Hall–Kier alpha value is -0.960. The molecule has 0 radical (unpaired) electrons. The Morgan fingerprint density at radius 3 is 2.00 bits per heavy atom. The fraction of sp³-hybridized carbons (Fsp3) is 0.571. The van der Waals surface area contributed by atoms with Gasteiger partial charge < -0.3 is 0 Å². The minimum Gasteiger partial charge on any atom is -0.213 e. The quantitative estimate of drug-likeness (QED) is 0.753. The Bertz CT molecular complexity index is 679. The first-order valence-corrected chi connectivity index (χ1v) is 10.7. The highest BCUT2D eigenvalue weighted by molar-refractivity contribution is 7.89. The average molecular weight is 346 g/mol. The van der Waals surface area contributed by atoms with Crippen molar-refractivity contribution in [1.82, 2.24) is 8.61 Å². The maximum Gasteiger partial charge on any atom is 0.214 e. The first-order valence-electron chi connectivity index (χ1n) is 7.26. The van der Waals surface area contributed by atoms with Gasteiger partial charge in [0, 0.05) is 26.2 Å². The van der Waals surface area contributed by atoms with Crippen LogP contribution in [-0.4, -0.2) is 63.6 Å². The van der Waals surface area contributed by atoms with E-state index in [2.05, 4.69) is 0 Å². The van der Waals surface area contributed by atoms with Gasteiger partial charge in [0.1, 0.15) is 0 Å². The lowest BCUT2D eigenvalue weighted by Crippen LogP contribution is -2.50. The first-order chi connectivity index (χ1) is 10.3. The maximum absolute atomic E-state index is 12.3. The first kappa shape index (κ1) is 17.4. The molecule has 1 fully saturated rings. The van der Waals surface area contributed by atoms with Crippen molar-refractivity contribution in [3.05, 3.63) is 35.9 Å². The van der Waals surface area contributed by atoms with Crippen molar-refractivity contribution in [1.29, 1.82) is 0 Å². The molecule has 1 heterocycles. The summed E-state index contributed by atoms with van der Waals surface area (Å²) in [4.78, 5) is 0. The molecule has 0 bridgehead atoms. The molecule has 1 aliphatic rings. The molecule has 0 N–H and O–H groups in total. The van der Waals surface area contributed by atoms with Crippen LogP contribution in [0.25, 0.3) is 0 Å². The predicted octanol–water partition coefficient (Wildman–Crippen LogP) is 0.526. The summed E-state index contributed by atoms with van der Waals surface area (Å²) in [5, 5.41) is 0. The van der Waals surface area contributed by atoms with Gasteiger partial charge in [0.25, 0.3) is 0 Å². The lowest BCUT2D eigenvalue weighted by atomic mass is 10.1. The van der Waals surface area contributed by atoms with E-state index in [0.717, 1.165) is 18.2 Å². The topological polar surface area (TPSA) is 74.8 Å². The Morgan fingerprint density at radius 1 is 0.909 bits per heavy atom. The number of rotatable bonds is 6. The SMILES string of the molecule is CS(=O)(=O)N1CCN(S(=O)(=O)CCCc2ccccc2)CC1. The second kappa shape index (κ2) is 7.08. The molecule has 1 saturated heterocycles. The summed E-state index contributed by atoms with van der Waals surface area (Å²) in [5.74, 6) is 0.0980. The highest BCUT2D eigenvalue weighted by Crippen LogP contribution is 2.12. The van der Waals surface area contributed by atoms with E-state index in [9.17, 15) is 16.8 Å². The molecule has 1 aromatic carbocycles. The minimum absolute atomic E-state index is 0.0980. The zero-order valence-electron chi connectivity index (χ0n) is 12.7. The third kappa shape index (κ3) is 4.77. The summed E-state index contributed by atoms with van der Waals surface area (Å²) in [7, 11) is -6.55. The molecule has 0 unspecified atom stereocenters. The van der Waals surface area contributed by atoms with Gasteiger partial charge in [-0.1, -0.05) is 30.3 Å². The van der Waals surface area contributed by atoms with E-state index in [1.807, 2.05) is 30.3 Å². The monoisotopic (exact) mass is 346 g/mol. The zero-order valence-corrected chi connectivity index (χ0v) is 14.3.